The molecule has 2 N–H and O–H groups in total. The number of alkyl halides is 3. The number of carbonyl (C=O) groups is 1. The van der Waals surface area contributed by atoms with Gasteiger partial charge in [-0.15, -0.1) is 0 Å². The van der Waals surface area contributed by atoms with E-state index in [4.69, 9.17) is 11.6 Å². The Hall–Kier alpha value is -2.74. The largest absolute Gasteiger partial charge is 0.405 e. The molecule has 5 nitrogen and oxygen atoms in total. The van der Waals surface area contributed by atoms with Crippen LogP contribution in [-0.2, 0) is 0 Å². The summed E-state index contributed by atoms with van der Waals surface area (Å²) in [5.41, 5.74) is 2.51. The quantitative estimate of drug-likeness (QED) is 0.722. The van der Waals surface area contributed by atoms with Gasteiger partial charge in [0, 0.05) is 28.5 Å². The van der Waals surface area contributed by atoms with Gasteiger partial charge < -0.3 is 10.6 Å². The SMILES string of the molecule is O=C(NCC(F)(F)F)Nc1cccc(-c2cnc3cc(Cl)ccn23)c1. The highest BCUT2D eigenvalue weighted by molar-refractivity contribution is 6.30. The van der Waals surface area contributed by atoms with E-state index >= 15 is 0 Å². The lowest BCUT2D eigenvalue weighted by Gasteiger charge is -2.10. The molecule has 0 unspecified atom stereocenters. The van der Waals surface area contributed by atoms with Crippen LogP contribution in [0, 0.1) is 0 Å². The van der Waals surface area contributed by atoms with E-state index in [0.29, 0.717) is 16.4 Å². The van der Waals surface area contributed by atoms with Gasteiger partial charge in [-0.2, -0.15) is 13.2 Å². The van der Waals surface area contributed by atoms with Gasteiger partial charge in [0.15, 0.2) is 0 Å². The number of urea groups is 1. The predicted molar refractivity (Wildman–Crippen MR) is 88.7 cm³/mol. The zero-order valence-corrected chi connectivity index (χ0v) is 13.4. The van der Waals surface area contributed by atoms with Crippen molar-refractivity contribution in [3.05, 3.63) is 53.8 Å². The number of rotatable bonds is 3. The first-order valence-corrected chi connectivity index (χ1v) is 7.54. The normalized spacial score (nSPS) is 11.5. The number of hydrogen-bond acceptors (Lipinski definition) is 2. The molecule has 9 heteroatoms. The van der Waals surface area contributed by atoms with Crippen molar-refractivity contribution in [2.45, 2.75) is 6.18 Å². The lowest BCUT2D eigenvalue weighted by molar-refractivity contribution is -0.122. The van der Waals surface area contributed by atoms with Crippen LogP contribution in [0.3, 0.4) is 0 Å². The number of halogens is 4. The maximum Gasteiger partial charge on any atom is 0.405 e. The molecule has 0 bridgehead atoms. The highest BCUT2D eigenvalue weighted by Crippen LogP contribution is 2.25. The molecule has 0 spiro atoms. The molecule has 2 aromatic heterocycles. The van der Waals surface area contributed by atoms with E-state index in [1.807, 2.05) is 4.40 Å². The molecule has 0 aliphatic rings. The lowest BCUT2D eigenvalue weighted by atomic mass is 10.1. The van der Waals surface area contributed by atoms with Crippen LogP contribution >= 0.6 is 11.6 Å². The van der Waals surface area contributed by atoms with Gasteiger partial charge in [0.1, 0.15) is 12.2 Å². The number of fused-ring (bicyclic) bond motifs is 1. The van der Waals surface area contributed by atoms with Crippen molar-refractivity contribution >= 4 is 29.0 Å². The first-order valence-electron chi connectivity index (χ1n) is 7.16. The highest BCUT2D eigenvalue weighted by atomic mass is 35.5. The maximum atomic E-state index is 12.1. The number of anilines is 1. The van der Waals surface area contributed by atoms with Crippen molar-refractivity contribution in [2.75, 3.05) is 11.9 Å². The van der Waals surface area contributed by atoms with Gasteiger partial charge in [-0.1, -0.05) is 23.7 Å². The molecular weight excluding hydrogens is 357 g/mol. The zero-order chi connectivity index (χ0) is 18.0. The number of hydrogen-bond donors (Lipinski definition) is 2. The zero-order valence-electron chi connectivity index (χ0n) is 12.6. The van der Waals surface area contributed by atoms with E-state index in [2.05, 4.69) is 10.3 Å². The number of imidazole rings is 1. The van der Waals surface area contributed by atoms with Crippen LogP contribution in [0.15, 0.2) is 48.8 Å². The van der Waals surface area contributed by atoms with Crippen molar-refractivity contribution in [1.82, 2.24) is 14.7 Å². The van der Waals surface area contributed by atoms with Crippen LogP contribution in [0.1, 0.15) is 0 Å². The Labute approximate surface area is 145 Å². The summed E-state index contributed by atoms with van der Waals surface area (Å²) in [5.74, 6) is 0. The highest BCUT2D eigenvalue weighted by Gasteiger charge is 2.27. The summed E-state index contributed by atoms with van der Waals surface area (Å²) in [6.45, 7) is -1.40. The van der Waals surface area contributed by atoms with E-state index in [1.165, 1.54) is 0 Å². The minimum Gasteiger partial charge on any atom is -0.329 e. The number of pyridine rings is 1. The predicted octanol–water partition coefficient (Wildman–Crippen LogP) is 4.34. The fourth-order valence-electron chi connectivity index (χ4n) is 2.28. The Morgan fingerprint density at radius 1 is 1.24 bits per heavy atom. The smallest absolute Gasteiger partial charge is 0.329 e. The first kappa shape index (κ1) is 17.1. The summed E-state index contributed by atoms with van der Waals surface area (Å²) in [4.78, 5) is 15.8. The summed E-state index contributed by atoms with van der Waals surface area (Å²) in [6.07, 6.45) is -1.05. The van der Waals surface area contributed by atoms with Crippen molar-refractivity contribution in [3.63, 3.8) is 0 Å². The third kappa shape index (κ3) is 4.21. The number of nitrogens with one attached hydrogen (secondary N) is 2. The molecule has 0 aliphatic carbocycles. The molecule has 0 aliphatic heterocycles. The number of benzene rings is 1. The van der Waals surface area contributed by atoms with E-state index in [9.17, 15) is 18.0 Å². The van der Waals surface area contributed by atoms with Crippen LogP contribution in [0.25, 0.3) is 16.9 Å². The van der Waals surface area contributed by atoms with Gasteiger partial charge >= 0.3 is 12.2 Å². The third-order valence-corrected chi connectivity index (χ3v) is 3.58. The van der Waals surface area contributed by atoms with Crippen molar-refractivity contribution < 1.29 is 18.0 Å². The fourth-order valence-corrected chi connectivity index (χ4v) is 2.44. The molecule has 0 saturated heterocycles. The van der Waals surface area contributed by atoms with Crippen LogP contribution in [0.5, 0.6) is 0 Å². The molecule has 3 rings (SSSR count). The number of nitrogens with zero attached hydrogens (tertiary/aromatic N) is 2. The standard InChI is InChI=1S/C16H12ClF3N4O/c17-11-4-5-24-13(8-21-14(24)7-11)10-2-1-3-12(6-10)23-15(25)22-9-16(18,19)20/h1-8H,9H2,(H2,22,23,25). The monoisotopic (exact) mass is 368 g/mol. The molecule has 3 aromatic rings. The lowest BCUT2D eigenvalue weighted by Crippen LogP contribution is -2.36. The molecule has 0 radical (unpaired) electrons. The first-order chi connectivity index (χ1) is 11.8. The second-order valence-corrected chi connectivity index (χ2v) is 5.66. The van der Waals surface area contributed by atoms with Crippen LogP contribution in [0.2, 0.25) is 5.02 Å². The average Bonchev–Trinajstić information content (AvgIpc) is 2.95. The summed E-state index contributed by atoms with van der Waals surface area (Å²) >= 11 is 5.93. The van der Waals surface area contributed by atoms with Crippen molar-refractivity contribution in [2.24, 2.45) is 0 Å². The average molecular weight is 369 g/mol. The Morgan fingerprint density at radius 2 is 2.04 bits per heavy atom. The van der Waals surface area contributed by atoms with E-state index in [-0.39, 0.29) is 0 Å². The van der Waals surface area contributed by atoms with Gasteiger partial charge in [0.2, 0.25) is 0 Å². The van der Waals surface area contributed by atoms with Gasteiger partial charge in [-0.25, -0.2) is 9.78 Å². The summed E-state index contributed by atoms with van der Waals surface area (Å²) in [7, 11) is 0. The van der Waals surface area contributed by atoms with E-state index < -0.39 is 18.8 Å². The van der Waals surface area contributed by atoms with Crippen molar-refractivity contribution in [1.29, 1.82) is 0 Å². The number of amides is 2. The summed E-state index contributed by atoms with van der Waals surface area (Å²) in [6, 6.07) is 9.20. The van der Waals surface area contributed by atoms with Gasteiger partial charge in [0.05, 0.1) is 11.9 Å². The van der Waals surface area contributed by atoms with Gasteiger partial charge in [-0.05, 0) is 18.2 Å². The molecule has 130 valence electrons. The topological polar surface area (TPSA) is 58.4 Å². The third-order valence-electron chi connectivity index (χ3n) is 3.34. The Kier molecular flexibility index (Phi) is 4.54. The fraction of sp³-hybridized carbons (Fsp3) is 0.125. The molecule has 0 atom stereocenters. The molecule has 25 heavy (non-hydrogen) atoms. The second kappa shape index (κ2) is 6.64. The molecule has 2 heterocycles. The maximum absolute atomic E-state index is 12.1. The molecular formula is C16H12ClF3N4O. The summed E-state index contributed by atoms with van der Waals surface area (Å²) in [5, 5.41) is 4.68. The van der Waals surface area contributed by atoms with Crippen LogP contribution in [0.4, 0.5) is 23.7 Å². The minimum atomic E-state index is -4.46. The Morgan fingerprint density at radius 3 is 2.80 bits per heavy atom. The van der Waals surface area contributed by atoms with Crippen molar-refractivity contribution in [3.8, 4) is 11.3 Å². The molecule has 0 saturated carbocycles. The van der Waals surface area contributed by atoms with Crippen LogP contribution in [-0.4, -0.2) is 28.1 Å². The molecule has 1 aromatic carbocycles. The Balaban J connectivity index is 1.80. The van der Waals surface area contributed by atoms with Crippen LogP contribution < -0.4 is 10.6 Å². The Bertz CT molecular complexity index is 923. The van der Waals surface area contributed by atoms with E-state index in [1.54, 1.807) is 54.1 Å². The molecule has 0 fully saturated rings. The number of carbonyl (C=O) groups excluding carboxylic acids is 1. The molecule has 2 amide bonds. The minimum absolute atomic E-state index is 0.362. The number of aromatic nitrogens is 2. The van der Waals surface area contributed by atoms with Gasteiger partial charge in [-0.3, -0.25) is 4.40 Å². The van der Waals surface area contributed by atoms with E-state index in [0.717, 1.165) is 11.3 Å². The van der Waals surface area contributed by atoms with Gasteiger partial charge in [0.25, 0.3) is 0 Å². The summed E-state index contributed by atoms with van der Waals surface area (Å²) < 4.78 is 38.2. The second-order valence-electron chi connectivity index (χ2n) is 5.22.